The van der Waals surface area contributed by atoms with Gasteiger partial charge in [0.05, 0.1) is 6.04 Å². The van der Waals surface area contributed by atoms with E-state index in [1.807, 2.05) is 60.9 Å². The van der Waals surface area contributed by atoms with Crippen molar-refractivity contribution in [2.75, 3.05) is 32.0 Å². The van der Waals surface area contributed by atoms with Gasteiger partial charge in [-0.25, -0.2) is 0 Å². The van der Waals surface area contributed by atoms with E-state index in [4.69, 9.17) is 0 Å². The van der Waals surface area contributed by atoms with Crippen LogP contribution in [0.2, 0.25) is 0 Å². The van der Waals surface area contributed by atoms with Crippen molar-refractivity contribution < 1.29 is 19.2 Å². The van der Waals surface area contributed by atoms with Crippen molar-refractivity contribution >= 4 is 29.3 Å². The van der Waals surface area contributed by atoms with Gasteiger partial charge >= 0.3 is 0 Å². The standard InChI is InChI=1S/C32H45N5O4/c1-22(33-6)29(39)35-28(32(3,4)5)31(41)37-19-10-13-27(37)21-36(20-18-24-11-8-7-9-12-24)30(40)25-14-16-26(17-15-25)34-23(2)38/h7-9,11-12,14-17,22,27-28,33H,10,13,18-21H2,1-6H3,(H,34,38)(H,35,39)/t22-,27-,28+/m0/s1. The fourth-order valence-corrected chi connectivity index (χ4v) is 5.05. The molecule has 2 aromatic carbocycles. The lowest BCUT2D eigenvalue weighted by Gasteiger charge is -2.37. The Morgan fingerprint density at radius 2 is 1.68 bits per heavy atom. The third-order valence-electron chi connectivity index (χ3n) is 7.57. The van der Waals surface area contributed by atoms with Crippen molar-refractivity contribution in [2.45, 2.75) is 72.0 Å². The Kier molecular flexibility index (Phi) is 11.1. The zero-order valence-electron chi connectivity index (χ0n) is 25.2. The fourth-order valence-electron chi connectivity index (χ4n) is 5.05. The predicted octanol–water partition coefficient (Wildman–Crippen LogP) is 3.46. The molecule has 0 unspecified atom stereocenters. The minimum Gasteiger partial charge on any atom is -0.342 e. The molecule has 1 aliphatic rings. The van der Waals surface area contributed by atoms with Crippen LogP contribution in [0.15, 0.2) is 54.6 Å². The number of hydrogen-bond donors (Lipinski definition) is 3. The molecule has 1 heterocycles. The largest absolute Gasteiger partial charge is 0.342 e. The van der Waals surface area contributed by atoms with E-state index in [1.165, 1.54) is 6.92 Å². The zero-order valence-corrected chi connectivity index (χ0v) is 25.2. The van der Waals surface area contributed by atoms with Crippen molar-refractivity contribution in [2.24, 2.45) is 5.41 Å². The zero-order chi connectivity index (χ0) is 30.2. The maximum absolute atomic E-state index is 13.9. The summed E-state index contributed by atoms with van der Waals surface area (Å²) in [6, 6.07) is 15.6. The molecule has 2 aromatic rings. The number of hydrogen-bond acceptors (Lipinski definition) is 5. The second kappa shape index (κ2) is 14.3. The second-order valence-corrected chi connectivity index (χ2v) is 11.9. The van der Waals surface area contributed by atoms with Crippen molar-refractivity contribution in [3.05, 3.63) is 65.7 Å². The Labute approximate surface area is 244 Å². The molecule has 9 nitrogen and oxygen atoms in total. The van der Waals surface area contributed by atoms with Crippen molar-refractivity contribution in [3.8, 4) is 0 Å². The van der Waals surface area contributed by atoms with Gasteiger partial charge in [0, 0.05) is 43.9 Å². The van der Waals surface area contributed by atoms with E-state index in [1.54, 1.807) is 38.2 Å². The Morgan fingerprint density at radius 3 is 2.27 bits per heavy atom. The molecule has 222 valence electrons. The summed E-state index contributed by atoms with van der Waals surface area (Å²) in [5, 5.41) is 8.63. The summed E-state index contributed by atoms with van der Waals surface area (Å²) >= 11 is 0. The van der Waals surface area contributed by atoms with Gasteiger partial charge in [-0.3, -0.25) is 19.2 Å². The summed E-state index contributed by atoms with van der Waals surface area (Å²) in [6.07, 6.45) is 2.29. The van der Waals surface area contributed by atoms with Gasteiger partial charge in [-0.05, 0) is 68.5 Å². The number of carbonyl (C=O) groups excluding carboxylic acids is 4. The number of nitrogens with zero attached hydrogens (tertiary/aromatic N) is 2. The number of benzene rings is 2. The molecule has 1 aliphatic heterocycles. The first-order chi connectivity index (χ1) is 19.4. The van der Waals surface area contributed by atoms with Crippen LogP contribution in [0.4, 0.5) is 5.69 Å². The fraction of sp³-hybridized carbons (Fsp3) is 0.500. The minimum atomic E-state index is -0.693. The first-order valence-electron chi connectivity index (χ1n) is 14.4. The van der Waals surface area contributed by atoms with E-state index < -0.39 is 17.5 Å². The molecule has 41 heavy (non-hydrogen) atoms. The van der Waals surface area contributed by atoms with Crippen LogP contribution in [0.5, 0.6) is 0 Å². The van der Waals surface area contributed by atoms with Gasteiger partial charge in [0.1, 0.15) is 6.04 Å². The Bertz CT molecular complexity index is 1190. The third kappa shape index (κ3) is 8.88. The molecule has 1 saturated heterocycles. The van der Waals surface area contributed by atoms with Crippen molar-refractivity contribution in [1.82, 2.24) is 20.4 Å². The summed E-state index contributed by atoms with van der Waals surface area (Å²) in [6.45, 7) is 10.5. The van der Waals surface area contributed by atoms with Crippen LogP contribution in [0.25, 0.3) is 0 Å². The number of likely N-dealkylation sites (N-methyl/N-ethyl adjacent to an activating group) is 1. The molecule has 3 N–H and O–H groups in total. The summed E-state index contributed by atoms with van der Waals surface area (Å²) < 4.78 is 0. The first-order valence-corrected chi connectivity index (χ1v) is 14.4. The minimum absolute atomic E-state index is 0.119. The maximum atomic E-state index is 13.9. The molecular weight excluding hydrogens is 518 g/mol. The molecule has 3 rings (SSSR count). The molecule has 3 atom stereocenters. The Hall–Kier alpha value is -3.72. The van der Waals surface area contributed by atoms with E-state index in [-0.39, 0.29) is 29.7 Å². The third-order valence-corrected chi connectivity index (χ3v) is 7.57. The normalized spacial score (nSPS) is 16.5. The highest BCUT2D eigenvalue weighted by molar-refractivity contribution is 5.96. The molecule has 0 bridgehead atoms. The van der Waals surface area contributed by atoms with E-state index in [2.05, 4.69) is 16.0 Å². The van der Waals surface area contributed by atoms with Gasteiger partial charge in [0.25, 0.3) is 5.91 Å². The van der Waals surface area contributed by atoms with Crippen LogP contribution in [0, 0.1) is 5.41 Å². The summed E-state index contributed by atoms with van der Waals surface area (Å²) in [4.78, 5) is 55.5. The van der Waals surface area contributed by atoms with Gasteiger partial charge < -0.3 is 25.8 Å². The highest BCUT2D eigenvalue weighted by Gasteiger charge is 2.40. The van der Waals surface area contributed by atoms with Crippen LogP contribution in [0.1, 0.15) is 63.4 Å². The van der Waals surface area contributed by atoms with Crippen molar-refractivity contribution in [1.29, 1.82) is 0 Å². The number of rotatable bonds is 11. The lowest BCUT2D eigenvalue weighted by Crippen LogP contribution is -2.59. The average molecular weight is 564 g/mol. The first kappa shape index (κ1) is 31.8. The average Bonchev–Trinajstić information content (AvgIpc) is 3.41. The topological polar surface area (TPSA) is 111 Å². The molecule has 4 amide bonds. The van der Waals surface area contributed by atoms with E-state index in [0.29, 0.717) is 37.3 Å². The maximum Gasteiger partial charge on any atom is 0.253 e. The molecule has 0 aromatic heterocycles. The smallest absolute Gasteiger partial charge is 0.253 e. The van der Waals surface area contributed by atoms with Crippen LogP contribution >= 0.6 is 0 Å². The highest BCUT2D eigenvalue weighted by Crippen LogP contribution is 2.27. The van der Waals surface area contributed by atoms with Gasteiger partial charge in [-0.1, -0.05) is 51.1 Å². The lowest BCUT2D eigenvalue weighted by atomic mass is 9.85. The second-order valence-electron chi connectivity index (χ2n) is 11.9. The molecular formula is C32H45N5O4. The lowest BCUT2D eigenvalue weighted by molar-refractivity contribution is -0.140. The number of amides is 4. The SMILES string of the molecule is CN[C@@H](C)C(=O)N[C@H](C(=O)N1CCC[C@H]1CN(CCc1ccccc1)C(=O)c1ccc(NC(C)=O)cc1)C(C)(C)C. The van der Waals surface area contributed by atoms with Gasteiger partial charge in [0.2, 0.25) is 17.7 Å². The van der Waals surface area contributed by atoms with Gasteiger partial charge in [0.15, 0.2) is 0 Å². The van der Waals surface area contributed by atoms with E-state index in [0.717, 1.165) is 18.4 Å². The Morgan fingerprint density at radius 1 is 1.02 bits per heavy atom. The molecule has 1 fully saturated rings. The van der Waals surface area contributed by atoms with Crippen molar-refractivity contribution in [3.63, 3.8) is 0 Å². The highest BCUT2D eigenvalue weighted by atomic mass is 16.2. The molecule has 0 saturated carbocycles. The van der Waals surface area contributed by atoms with Gasteiger partial charge in [-0.15, -0.1) is 0 Å². The number of nitrogens with one attached hydrogen (secondary N) is 3. The van der Waals surface area contributed by atoms with E-state index in [9.17, 15) is 19.2 Å². The van der Waals surface area contributed by atoms with E-state index >= 15 is 0 Å². The van der Waals surface area contributed by atoms with Gasteiger partial charge in [-0.2, -0.15) is 0 Å². The number of carbonyl (C=O) groups is 4. The van der Waals surface area contributed by atoms with Crippen LogP contribution < -0.4 is 16.0 Å². The summed E-state index contributed by atoms with van der Waals surface area (Å²) in [7, 11) is 1.71. The summed E-state index contributed by atoms with van der Waals surface area (Å²) in [5.74, 6) is -0.645. The number of likely N-dealkylation sites (tertiary alicyclic amines) is 1. The monoisotopic (exact) mass is 563 g/mol. The number of anilines is 1. The molecule has 0 radical (unpaired) electrons. The van der Waals surface area contributed by atoms with Crippen LogP contribution in [-0.4, -0.2) is 78.2 Å². The molecule has 9 heteroatoms. The molecule has 0 aliphatic carbocycles. The van der Waals surface area contributed by atoms with Crippen LogP contribution in [0.3, 0.4) is 0 Å². The predicted molar refractivity (Wildman–Crippen MR) is 161 cm³/mol. The Balaban J connectivity index is 1.82. The molecule has 0 spiro atoms. The quantitative estimate of drug-likeness (QED) is 0.388. The van der Waals surface area contributed by atoms with Crippen LogP contribution in [-0.2, 0) is 20.8 Å². The summed E-state index contributed by atoms with van der Waals surface area (Å²) in [5.41, 5.74) is 1.77.